The van der Waals surface area contributed by atoms with Gasteiger partial charge in [0.15, 0.2) is 0 Å². The Morgan fingerprint density at radius 1 is 1.57 bits per heavy atom. The molecule has 0 aliphatic heterocycles. The number of anilines is 2. The van der Waals surface area contributed by atoms with E-state index >= 15 is 0 Å². The van der Waals surface area contributed by atoms with Crippen molar-refractivity contribution >= 4 is 22.3 Å². The van der Waals surface area contributed by atoms with Crippen LogP contribution in [-0.4, -0.2) is 27.7 Å². The number of pyridine rings is 1. The van der Waals surface area contributed by atoms with Crippen molar-refractivity contribution in [3.05, 3.63) is 17.8 Å². The summed E-state index contributed by atoms with van der Waals surface area (Å²) in [5.41, 5.74) is 7.13. The average Bonchev–Trinajstić information content (AvgIpc) is 2.10. The number of hydrogen-bond acceptors (Lipinski definition) is 4. The van der Waals surface area contributed by atoms with E-state index in [1.165, 1.54) is 0 Å². The van der Waals surface area contributed by atoms with Gasteiger partial charge in [0, 0.05) is 29.4 Å². The molecule has 3 N–H and O–H groups in total. The van der Waals surface area contributed by atoms with E-state index < -0.39 is 10.8 Å². The van der Waals surface area contributed by atoms with Crippen LogP contribution < -0.4 is 11.1 Å². The lowest BCUT2D eigenvalue weighted by Crippen LogP contribution is -2.11. The Morgan fingerprint density at radius 2 is 2.29 bits per heavy atom. The van der Waals surface area contributed by atoms with Crippen LogP contribution in [0.5, 0.6) is 0 Å². The molecule has 5 heteroatoms. The first-order valence-corrected chi connectivity index (χ1v) is 6.09. The zero-order valence-corrected chi connectivity index (χ0v) is 9.23. The Labute approximate surface area is 86.4 Å². The van der Waals surface area contributed by atoms with Crippen molar-refractivity contribution < 1.29 is 4.21 Å². The summed E-state index contributed by atoms with van der Waals surface area (Å²) in [6, 6.07) is 3.63. The smallest absolute Gasteiger partial charge is 0.126 e. The molecular formula is C9H15N3OS. The summed E-state index contributed by atoms with van der Waals surface area (Å²) in [6.07, 6.45) is 1.68. The van der Waals surface area contributed by atoms with Crippen LogP contribution in [0, 0.1) is 6.92 Å². The third kappa shape index (κ3) is 3.33. The Kier molecular flexibility index (Phi) is 3.88. The van der Waals surface area contributed by atoms with Gasteiger partial charge in [-0.1, -0.05) is 0 Å². The molecule has 0 spiro atoms. The molecule has 0 aromatic carbocycles. The fourth-order valence-corrected chi connectivity index (χ4v) is 1.38. The summed E-state index contributed by atoms with van der Waals surface area (Å²) in [5, 5.41) is 3.08. The van der Waals surface area contributed by atoms with Crippen LogP contribution in [0.3, 0.4) is 0 Å². The van der Waals surface area contributed by atoms with Crippen LogP contribution in [0.25, 0.3) is 0 Å². The van der Waals surface area contributed by atoms with Crippen molar-refractivity contribution in [2.45, 2.75) is 6.92 Å². The molecule has 1 heterocycles. The van der Waals surface area contributed by atoms with Gasteiger partial charge in [0.1, 0.15) is 5.82 Å². The van der Waals surface area contributed by atoms with Crippen molar-refractivity contribution in [3.63, 3.8) is 0 Å². The van der Waals surface area contributed by atoms with Crippen LogP contribution in [0.15, 0.2) is 12.1 Å². The second kappa shape index (κ2) is 4.95. The summed E-state index contributed by atoms with van der Waals surface area (Å²) in [4.78, 5) is 4.23. The van der Waals surface area contributed by atoms with Gasteiger partial charge in [0.05, 0.1) is 11.4 Å². The molecular weight excluding hydrogens is 198 g/mol. The molecule has 0 radical (unpaired) electrons. The first-order valence-electron chi connectivity index (χ1n) is 4.36. The summed E-state index contributed by atoms with van der Waals surface area (Å²) in [5.74, 6) is 1.41. The predicted molar refractivity (Wildman–Crippen MR) is 60.8 cm³/mol. The first kappa shape index (κ1) is 11.0. The molecule has 1 rings (SSSR count). The Bertz CT molecular complexity index is 341. The van der Waals surface area contributed by atoms with E-state index in [2.05, 4.69) is 10.3 Å². The number of nitrogens with one attached hydrogen (secondary N) is 1. The molecule has 0 saturated carbocycles. The number of nitrogen functional groups attached to an aromatic ring is 1. The van der Waals surface area contributed by atoms with E-state index in [-0.39, 0.29) is 0 Å². The molecule has 78 valence electrons. The largest absolute Gasteiger partial charge is 0.397 e. The molecule has 1 unspecified atom stereocenters. The highest BCUT2D eigenvalue weighted by Gasteiger charge is 1.98. The SMILES string of the molecule is Cc1nc(NCCS(C)=O)ccc1N. The minimum absolute atomic E-state index is 0.630. The number of aryl methyl sites for hydroxylation is 1. The highest BCUT2D eigenvalue weighted by atomic mass is 32.2. The highest BCUT2D eigenvalue weighted by molar-refractivity contribution is 7.84. The van der Waals surface area contributed by atoms with E-state index in [1.54, 1.807) is 6.26 Å². The first-order chi connectivity index (χ1) is 6.59. The average molecular weight is 213 g/mol. The van der Waals surface area contributed by atoms with Crippen LogP contribution in [0.1, 0.15) is 5.69 Å². The second-order valence-corrected chi connectivity index (χ2v) is 4.63. The molecule has 1 atom stereocenters. The second-order valence-electron chi connectivity index (χ2n) is 3.08. The van der Waals surface area contributed by atoms with Crippen LogP contribution in [0.4, 0.5) is 11.5 Å². The minimum Gasteiger partial charge on any atom is -0.397 e. The van der Waals surface area contributed by atoms with Crippen molar-refractivity contribution in [1.29, 1.82) is 0 Å². The molecule has 0 bridgehead atoms. The molecule has 4 nitrogen and oxygen atoms in total. The lowest BCUT2D eigenvalue weighted by Gasteiger charge is -2.06. The van der Waals surface area contributed by atoms with Crippen LogP contribution in [0.2, 0.25) is 0 Å². The lowest BCUT2D eigenvalue weighted by molar-refractivity contribution is 0.687. The number of hydrogen-bond donors (Lipinski definition) is 2. The van der Waals surface area contributed by atoms with E-state index in [0.29, 0.717) is 18.0 Å². The Hall–Kier alpha value is -1.10. The van der Waals surface area contributed by atoms with E-state index in [9.17, 15) is 4.21 Å². The molecule has 1 aromatic heterocycles. The van der Waals surface area contributed by atoms with Gasteiger partial charge < -0.3 is 11.1 Å². The minimum atomic E-state index is -0.764. The molecule has 0 amide bonds. The summed E-state index contributed by atoms with van der Waals surface area (Å²) >= 11 is 0. The fourth-order valence-electron chi connectivity index (χ4n) is 0.993. The van der Waals surface area contributed by atoms with Crippen molar-refractivity contribution in [2.75, 3.05) is 29.6 Å². The number of aromatic nitrogens is 1. The molecule has 0 aliphatic carbocycles. The van der Waals surface area contributed by atoms with Crippen LogP contribution in [-0.2, 0) is 10.8 Å². The molecule has 1 aromatic rings. The van der Waals surface area contributed by atoms with Crippen molar-refractivity contribution in [2.24, 2.45) is 0 Å². The van der Waals surface area contributed by atoms with Crippen LogP contribution >= 0.6 is 0 Å². The third-order valence-corrected chi connectivity index (χ3v) is 2.60. The van der Waals surface area contributed by atoms with E-state index in [4.69, 9.17) is 5.73 Å². The monoisotopic (exact) mass is 213 g/mol. The van der Waals surface area contributed by atoms with Gasteiger partial charge in [-0.2, -0.15) is 0 Å². The zero-order valence-electron chi connectivity index (χ0n) is 8.41. The fraction of sp³-hybridized carbons (Fsp3) is 0.444. The summed E-state index contributed by atoms with van der Waals surface area (Å²) in [6.45, 7) is 2.53. The Balaban J connectivity index is 2.51. The highest BCUT2D eigenvalue weighted by Crippen LogP contribution is 2.11. The number of nitrogens with two attached hydrogens (primary N) is 1. The van der Waals surface area contributed by atoms with Crippen molar-refractivity contribution in [1.82, 2.24) is 4.98 Å². The van der Waals surface area contributed by atoms with Gasteiger partial charge in [0.25, 0.3) is 0 Å². The van der Waals surface area contributed by atoms with Gasteiger partial charge in [0.2, 0.25) is 0 Å². The predicted octanol–water partition coefficient (Wildman–Crippen LogP) is 0.763. The quantitative estimate of drug-likeness (QED) is 0.775. The number of rotatable bonds is 4. The summed E-state index contributed by atoms with van der Waals surface area (Å²) < 4.78 is 10.8. The molecule has 0 fully saturated rings. The maximum atomic E-state index is 10.8. The maximum absolute atomic E-state index is 10.8. The van der Waals surface area contributed by atoms with Crippen molar-refractivity contribution in [3.8, 4) is 0 Å². The normalized spacial score (nSPS) is 12.4. The number of nitrogens with zero attached hydrogens (tertiary/aromatic N) is 1. The molecule has 14 heavy (non-hydrogen) atoms. The summed E-state index contributed by atoms with van der Waals surface area (Å²) in [7, 11) is -0.764. The van der Waals surface area contributed by atoms with Gasteiger partial charge in [-0.05, 0) is 19.1 Å². The standard InChI is InChI=1S/C9H15N3OS/c1-7-8(10)3-4-9(12-7)11-5-6-14(2)13/h3-4H,5-6,10H2,1-2H3,(H,11,12). The van der Waals surface area contributed by atoms with Gasteiger partial charge in [-0.15, -0.1) is 0 Å². The van der Waals surface area contributed by atoms with E-state index in [0.717, 1.165) is 11.5 Å². The van der Waals surface area contributed by atoms with Gasteiger partial charge in [-0.25, -0.2) is 4.98 Å². The van der Waals surface area contributed by atoms with Gasteiger partial charge >= 0.3 is 0 Å². The van der Waals surface area contributed by atoms with E-state index in [1.807, 2.05) is 19.1 Å². The molecule has 0 aliphatic rings. The third-order valence-electron chi connectivity index (χ3n) is 1.82. The Morgan fingerprint density at radius 3 is 2.86 bits per heavy atom. The molecule has 0 saturated heterocycles. The van der Waals surface area contributed by atoms with Gasteiger partial charge in [-0.3, -0.25) is 4.21 Å². The zero-order chi connectivity index (χ0) is 10.6. The topological polar surface area (TPSA) is 68.0 Å². The lowest BCUT2D eigenvalue weighted by atomic mass is 10.3. The maximum Gasteiger partial charge on any atom is 0.126 e.